The molecule has 2 aromatic heterocycles. The lowest BCUT2D eigenvalue weighted by molar-refractivity contribution is 0.0951. The molecule has 7 heteroatoms. The van der Waals surface area contributed by atoms with Crippen molar-refractivity contribution in [1.82, 2.24) is 9.88 Å². The standard InChI is InChI=1S/C29H27Cl2N3OS/c1-18-14-21(19(2)34(18)22-12-13-24(30)25(31)15-22)17-33-29-27(23-10-6-7-11-26(23)36-29)28(35)32-16-20-8-4-3-5-9-20/h3-5,8-9,12-15,17H,6-7,10-11,16H2,1-2H3,(H,32,35). The third-order valence-electron chi connectivity index (χ3n) is 6.63. The number of amides is 1. The molecule has 0 saturated heterocycles. The second kappa shape index (κ2) is 10.6. The van der Waals surface area contributed by atoms with Crippen molar-refractivity contribution in [1.29, 1.82) is 0 Å². The van der Waals surface area contributed by atoms with Gasteiger partial charge in [0.1, 0.15) is 5.00 Å². The van der Waals surface area contributed by atoms with E-state index in [-0.39, 0.29) is 5.91 Å². The molecule has 1 aliphatic carbocycles. The monoisotopic (exact) mass is 535 g/mol. The van der Waals surface area contributed by atoms with Gasteiger partial charge < -0.3 is 9.88 Å². The second-order valence-corrected chi connectivity index (χ2v) is 11.0. The van der Waals surface area contributed by atoms with Crippen LogP contribution in [0.2, 0.25) is 10.0 Å². The normalized spacial score (nSPS) is 13.2. The smallest absolute Gasteiger partial charge is 0.254 e. The summed E-state index contributed by atoms with van der Waals surface area (Å²) in [7, 11) is 0. The molecule has 0 unspecified atom stereocenters. The quantitative estimate of drug-likeness (QED) is 0.249. The van der Waals surface area contributed by atoms with E-state index in [1.807, 2.05) is 54.7 Å². The number of nitrogens with zero attached hydrogens (tertiary/aromatic N) is 2. The van der Waals surface area contributed by atoms with E-state index in [0.717, 1.165) is 64.4 Å². The van der Waals surface area contributed by atoms with Crippen molar-refractivity contribution < 1.29 is 4.79 Å². The molecule has 4 nitrogen and oxygen atoms in total. The molecule has 0 atom stereocenters. The Bertz CT molecular complexity index is 1450. The van der Waals surface area contributed by atoms with Gasteiger partial charge in [-0.3, -0.25) is 4.79 Å². The molecule has 1 N–H and O–H groups in total. The molecule has 0 spiro atoms. The number of carbonyl (C=O) groups excluding carboxylic acids is 1. The number of aromatic nitrogens is 1. The van der Waals surface area contributed by atoms with Gasteiger partial charge >= 0.3 is 0 Å². The van der Waals surface area contributed by atoms with Crippen LogP contribution in [0.3, 0.4) is 0 Å². The van der Waals surface area contributed by atoms with Crippen LogP contribution in [0.5, 0.6) is 0 Å². The Morgan fingerprint density at radius 1 is 1.06 bits per heavy atom. The number of halogens is 2. The van der Waals surface area contributed by atoms with Gasteiger partial charge in [0, 0.05) is 40.3 Å². The summed E-state index contributed by atoms with van der Waals surface area (Å²) in [5, 5.41) is 4.95. The highest BCUT2D eigenvalue weighted by molar-refractivity contribution is 7.16. The molecule has 1 aliphatic rings. The Balaban J connectivity index is 1.46. The van der Waals surface area contributed by atoms with Gasteiger partial charge in [0.15, 0.2) is 0 Å². The van der Waals surface area contributed by atoms with E-state index in [0.29, 0.717) is 16.6 Å². The predicted molar refractivity (Wildman–Crippen MR) is 151 cm³/mol. The summed E-state index contributed by atoms with van der Waals surface area (Å²) < 4.78 is 2.14. The number of aryl methyl sites for hydroxylation is 2. The molecule has 5 rings (SSSR count). The van der Waals surface area contributed by atoms with Gasteiger partial charge in [-0.25, -0.2) is 4.99 Å². The van der Waals surface area contributed by atoms with E-state index in [2.05, 4.69) is 29.8 Å². The highest BCUT2D eigenvalue weighted by Gasteiger charge is 2.25. The zero-order valence-electron chi connectivity index (χ0n) is 20.3. The zero-order chi connectivity index (χ0) is 25.2. The fourth-order valence-corrected chi connectivity index (χ4v) is 6.33. The van der Waals surface area contributed by atoms with Crippen LogP contribution in [0, 0.1) is 13.8 Å². The first-order chi connectivity index (χ1) is 17.4. The first kappa shape index (κ1) is 24.8. The topological polar surface area (TPSA) is 46.4 Å². The molecule has 2 heterocycles. The van der Waals surface area contributed by atoms with E-state index in [9.17, 15) is 4.79 Å². The van der Waals surface area contributed by atoms with Crippen LogP contribution in [-0.2, 0) is 19.4 Å². The summed E-state index contributed by atoms with van der Waals surface area (Å²) in [5.74, 6) is -0.0494. The van der Waals surface area contributed by atoms with Gasteiger partial charge in [-0.1, -0.05) is 53.5 Å². The first-order valence-corrected chi connectivity index (χ1v) is 13.6. The van der Waals surface area contributed by atoms with Gasteiger partial charge in [-0.2, -0.15) is 0 Å². The lowest BCUT2D eigenvalue weighted by atomic mass is 9.95. The average Bonchev–Trinajstić information content (AvgIpc) is 3.39. The Hall–Kier alpha value is -2.86. The fraction of sp³-hybridized carbons (Fsp3) is 0.241. The van der Waals surface area contributed by atoms with Crippen LogP contribution in [0.15, 0.2) is 59.6 Å². The van der Waals surface area contributed by atoms with Crippen molar-refractivity contribution in [2.45, 2.75) is 46.1 Å². The number of carbonyl (C=O) groups is 1. The molecule has 0 fully saturated rings. The Kier molecular flexibility index (Phi) is 7.33. The first-order valence-electron chi connectivity index (χ1n) is 12.1. The van der Waals surface area contributed by atoms with Crippen LogP contribution < -0.4 is 5.32 Å². The highest BCUT2D eigenvalue weighted by atomic mass is 35.5. The number of hydrogen-bond acceptors (Lipinski definition) is 3. The number of rotatable bonds is 6. The van der Waals surface area contributed by atoms with Crippen LogP contribution >= 0.6 is 34.5 Å². The van der Waals surface area contributed by atoms with Crippen LogP contribution in [-0.4, -0.2) is 16.7 Å². The number of thiophene rings is 1. The maximum atomic E-state index is 13.3. The van der Waals surface area contributed by atoms with Crippen LogP contribution in [0.25, 0.3) is 5.69 Å². The molecular formula is C29H27Cl2N3OS. The largest absolute Gasteiger partial charge is 0.348 e. The molecule has 0 aliphatic heterocycles. The fourth-order valence-electron chi connectivity index (χ4n) is 4.81. The summed E-state index contributed by atoms with van der Waals surface area (Å²) in [5.41, 5.74) is 7.05. The van der Waals surface area contributed by atoms with Crippen molar-refractivity contribution in [2.24, 2.45) is 4.99 Å². The van der Waals surface area contributed by atoms with Gasteiger partial charge in [0.25, 0.3) is 5.91 Å². The molecule has 0 bridgehead atoms. The van der Waals surface area contributed by atoms with E-state index >= 15 is 0 Å². The summed E-state index contributed by atoms with van der Waals surface area (Å²) in [6.07, 6.45) is 6.09. The van der Waals surface area contributed by atoms with Crippen molar-refractivity contribution in [3.63, 3.8) is 0 Å². The summed E-state index contributed by atoms with van der Waals surface area (Å²) in [4.78, 5) is 19.5. The zero-order valence-corrected chi connectivity index (χ0v) is 22.6. The van der Waals surface area contributed by atoms with E-state index in [1.165, 1.54) is 10.4 Å². The SMILES string of the molecule is Cc1cc(C=Nc2sc3c(c2C(=O)NCc2ccccc2)CCCC3)c(C)n1-c1ccc(Cl)c(Cl)c1. The van der Waals surface area contributed by atoms with Gasteiger partial charge in [0.05, 0.1) is 15.6 Å². The van der Waals surface area contributed by atoms with Crippen molar-refractivity contribution in [3.8, 4) is 5.69 Å². The van der Waals surface area contributed by atoms with Crippen molar-refractivity contribution >= 4 is 51.7 Å². The number of aliphatic imine (C=N–C) groups is 1. The second-order valence-electron chi connectivity index (χ2n) is 9.08. The number of benzene rings is 2. The van der Waals surface area contributed by atoms with E-state index < -0.39 is 0 Å². The minimum absolute atomic E-state index is 0.0494. The predicted octanol–water partition coefficient (Wildman–Crippen LogP) is 8.02. The minimum atomic E-state index is -0.0494. The molecule has 0 saturated carbocycles. The summed E-state index contributed by atoms with van der Waals surface area (Å²) in [6.45, 7) is 4.61. The van der Waals surface area contributed by atoms with E-state index in [1.54, 1.807) is 11.3 Å². The number of fused-ring (bicyclic) bond motifs is 1. The lowest BCUT2D eigenvalue weighted by Crippen LogP contribution is -2.24. The lowest BCUT2D eigenvalue weighted by Gasteiger charge is -2.13. The Labute approximate surface area is 225 Å². The van der Waals surface area contributed by atoms with Crippen molar-refractivity contribution in [2.75, 3.05) is 0 Å². The number of hydrogen-bond donors (Lipinski definition) is 1. The number of nitrogens with one attached hydrogen (secondary N) is 1. The Morgan fingerprint density at radius 3 is 2.61 bits per heavy atom. The maximum absolute atomic E-state index is 13.3. The molecule has 4 aromatic rings. The van der Waals surface area contributed by atoms with Gasteiger partial charge in [-0.15, -0.1) is 11.3 Å². The highest BCUT2D eigenvalue weighted by Crippen LogP contribution is 2.40. The van der Waals surface area contributed by atoms with Crippen molar-refractivity contribution in [3.05, 3.63) is 103 Å². The molecule has 184 valence electrons. The average molecular weight is 537 g/mol. The molecular weight excluding hydrogens is 509 g/mol. The van der Waals surface area contributed by atoms with Crippen LogP contribution in [0.1, 0.15) is 56.2 Å². The van der Waals surface area contributed by atoms with Crippen LogP contribution in [0.4, 0.5) is 5.00 Å². The molecule has 1 amide bonds. The summed E-state index contributed by atoms with van der Waals surface area (Å²) in [6, 6.07) is 17.7. The molecule has 0 radical (unpaired) electrons. The molecule has 2 aromatic carbocycles. The van der Waals surface area contributed by atoms with Gasteiger partial charge in [-0.05, 0) is 74.9 Å². The maximum Gasteiger partial charge on any atom is 0.254 e. The molecule has 36 heavy (non-hydrogen) atoms. The third kappa shape index (κ3) is 5.01. The van der Waals surface area contributed by atoms with E-state index in [4.69, 9.17) is 28.2 Å². The third-order valence-corrected chi connectivity index (χ3v) is 8.57. The van der Waals surface area contributed by atoms with Gasteiger partial charge in [0.2, 0.25) is 0 Å². The summed E-state index contributed by atoms with van der Waals surface area (Å²) >= 11 is 14.0. The minimum Gasteiger partial charge on any atom is -0.348 e. The Morgan fingerprint density at radius 2 is 1.83 bits per heavy atom.